The average molecular weight is 572 g/mol. The number of nitrogens with one attached hydrogen (secondary N) is 2. The number of fused-ring (bicyclic) bond motifs is 2. The molecule has 0 atom stereocenters. The summed E-state index contributed by atoms with van der Waals surface area (Å²) in [7, 11) is 0. The molecule has 0 saturated carbocycles. The van der Waals surface area contributed by atoms with Gasteiger partial charge in [-0.05, 0) is 83.9 Å². The number of hydrogen-bond donors (Lipinski definition) is 2. The normalized spacial score (nSPS) is 15.0. The standard InChI is InChI=1S/C32H30FN3O4S/c33-29-8-5-25(18-30(29)35-32(38)23-9-16-41-20-23)34-24-4-7-27-22(17-24)2-1-21-3-6-26(19-28(21)31(27)37)40-15-12-36-10-13-39-14-11-36/h3-9,16-20,34H,1-2,10-15H2,(H,35,38). The third kappa shape index (κ3) is 6.32. The van der Waals surface area contributed by atoms with Crippen LogP contribution < -0.4 is 15.4 Å². The maximum Gasteiger partial charge on any atom is 0.256 e. The molecule has 1 aromatic heterocycles. The molecule has 3 aromatic carbocycles. The molecule has 7 nitrogen and oxygen atoms in total. The zero-order valence-electron chi connectivity index (χ0n) is 22.5. The number of amides is 1. The molecule has 1 fully saturated rings. The summed E-state index contributed by atoms with van der Waals surface area (Å²) in [4.78, 5) is 28.3. The molecule has 0 radical (unpaired) electrons. The maximum atomic E-state index is 14.4. The van der Waals surface area contributed by atoms with E-state index in [4.69, 9.17) is 9.47 Å². The Morgan fingerprint density at radius 2 is 1.76 bits per heavy atom. The van der Waals surface area contributed by atoms with Gasteiger partial charge in [0.1, 0.15) is 18.2 Å². The lowest BCUT2D eigenvalue weighted by molar-refractivity contribution is 0.0322. The number of ketones is 1. The molecule has 1 amide bonds. The first-order valence-corrected chi connectivity index (χ1v) is 14.6. The first kappa shape index (κ1) is 27.1. The van der Waals surface area contributed by atoms with E-state index in [1.807, 2.05) is 36.4 Å². The van der Waals surface area contributed by atoms with Crippen LogP contribution in [0.3, 0.4) is 0 Å². The lowest BCUT2D eigenvalue weighted by Crippen LogP contribution is -2.38. The fraction of sp³-hybridized carbons (Fsp3) is 0.250. The number of thiophene rings is 1. The molecule has 2 heterocycles. The Morgan fingerprint density at radius 1 is 0.951 bits per heavy atom. The van der Waals surface area contributed by atoms with E-state index < -0.39 is 5.82 Å². The van der Waals surface area contributed by atoms with Crippen LogP contribution in [0.1, 0.15) is 37.4 Å². The van der Waals surface area contributed by atoms with Crippen molar-refractivity contribution in [3.05, 3.63) is 105 Å². The molecular formula is C32H30FN3O4S. The molecule has 210 valence electrons. The molecule has 41 heavy (non-hydrogen) atoms. The van der Waals surface area contributed by atoms with Crippen LogP contribution in [-0.2, 0) is 17.6 Å². The molecule has 1 saturated heterocycles. The summed E-state index contributed by atoms with van der Waals surface area (Å²) < 4.78 is 25.8. The Kier molecular flexibility index (Phi) is 8.09. The highest BCUT2D eigenvalue weighted by Crippen LogP contribution is 2.31. The number of benzene rings is 3. The predicted molar refractivity (Wildman–Crippen MR) is 158 cm³/mol. The van der Waals surface area contributed by atoms with Gasteiger partial charge in [0.05, 0.1) is 24.5 Å². The predicted octanol–water partition coefficient (Wildman–Crippen LogP) is 5.92. The van der Waals surface area contributed by atoms with E-state index in [0.29, 0.717) is 41.2 Å². The molecule has 2 N–H and O–H groups in total. The van der Waals surface area contributed by atoms with Gasteiger partial charge >= 0.3 is 0 Å². The Bertz CT molecular complexity index is 1570. The van der Waals surface area contributed by atoms with Crippen LogP contribution in [0.25, 0.3) is 0 Å². The van der Waals surface area contributed by atoms with E-state index in [9.17, 15) is 14.0 Å². The zero-order valence-corrected chi connectivity index (χ0v) is 23.3. The number of ether oxygens (including phenoxy) is 2. The summed E-state index contributed by atoms with van der Waals surface area (Å²) in [6.45, 7) is 4.71. The summed E-state index contributed by atoms with van der Waals surface area (Å²) in [6.07, 6.45) is 1.45. The average Bonchev–Trinajstić information content (AvgIpc) is 3.50. The van der Waals surface area contributed by atoms with Crippen LogP contribution in [-0.4, -0.2) is 56.0 Å². The minimum atomic E-state index is -0.520. The highest BCUT2D eigenvalue weighted by Gasteiger charge is 2.22. The van der Waals surface area contributed by atoms with E-state index >= 15 is 0 Å². The summed E-state index contributed by atoms with van der Waals surface area (Å²) >= 11 is 1.40. The van der Waals surface area contributed by atoms with Crippen LogP contribution in [0.5, 0.6) is 5.75 Å². The lowest BCUT2D eigenvalue weighted by Gasteiger charge is -2.26. The highest BCUT2D eigenvalue weighted by atomic mass is 32.1. The van der Waals surface area contributed by atoms with Crippen molar-refractivity contribution in [2.45, 2.75) is 12.8 Å². The molecule has 9 heteroatoms. The second-order valence-corrected chi connectivity index (χ2v) is 10.9. The monoisotopic (exact) mass is 571 g/mol. The summed E-state index contributed by atoms with van der Waals surface area (Å²) in [6, 6.07) is 17.6. The first-order valence-electron chi connectivity index (χ1n) is 13.7. The van der Waals surface area contributed by atoms with Crippen molar-refractivity contribution in [1.29, 1.82) is 0 Å². The van der Waals surface area contributed by atoms with Crippen LogP contribution in [0.2, 0.25) is 0 Å². The Labute approximate surface area is 241 Å². The van der Waals surface area contributed by atoms with Crippen molar-refractivity contribution in [3.8, 4) is 5.75 Å². The zero-order chi connectivity index (χ0) is 28.2. The van der Waals surface area contributed by atoms with Gasteiger partial charge < -0.3 is 20.1 Å². The highest BCUT2D eigenvalue weighted by molar-refractivity contribution is 7.08. The molecule has 4 aromatic rings. The Balaban J connectivity index is 1.14. The number of halogens is 1. The van der Waals surface area contributed by atoms with Gasteiger partial charge in [-0.1, -0.05) is 6.07 Å². The second kappa shape index (κ2) is 12.2. The van der Waals surface area contributed by atoms with Crippen LogP contribution in [0.15, 0.2) is 71.4 Å². The van der Waals surface area contributed by atoms with Crippen LogP contribution in [0, 0.1) is 5.82 Å². The molecule has 6 rings (SSSR count). The number of rotatable bonds is 8. The van der Waals surface area contributed by atoms with Gasteiger partial charge in [0.2, 0.25) is 0 Å². The van der Waals surface area contributed by atoms with E-state index in [2.05, 4.69) is 15.5 Å². The first-order chi connectivity index (χ1) is 20.0. The largest absolute Gasteiger partial charge is 0.492 e. The third-order valence-electron chi connectivity index (χ3n) is 7.41. The minimum absolute atomic E-state index is 0.0158. The van der Waals surface area contributed by atoms with Crippen LogP contribution in [0.4, 0.5) is 21.5 Å². The Morgan fingerprint density at radius 3 is 2.59 bits per heavy atom. The SMILES string of the molecule is O=C(Nc1cc(Nc2ccc3c(c2)CCc2ccc(OCCN4CCOCC4)cc2C3=O)ccc1F)c1ccsc1. The molecule has 2 aliphatic rings. The summed E-state index contributed by atoms with van der Waals surface area (Å²) in [5.41, 5.74) is 5.26. The summed E-state index contributed by atoms with van der Waals surface area (Å²) in [5, 5.41) is 9.43. The molecule has 0 spiro atoms. The van der Waals surface area contributed by atoms with Gasteiger partial charge in [-0.25, -0.2) is 4.39 Å². The fourth-order valence-corrected chi connectivity index (χ4v) is 5.80. The minimum Gasteiger partial charge on any atom is -0.492 e. The number of carbonyl (C=O) groups excluding carboxylic acids is 2. The van der Waals surface area contributed by atoms with E-state index in [0.717, 1.165) is 56.1 Å². The van der Waals surface area contributed by atoms with Crippen molar-refractivity contribution >= 4 is 40.1 Å². The number of nitrogens with zero attached hydrogens (tertiary/aromatic N) is 1. The van der Waals surface area contributed by atoms with Crippen LogP contribution >= 0.6 is 11.3 Å². The number of carbonyl (C=O) groups is 2. The van der Waals surface area contributed by atoms with Crippen molar-refractivity contribution in [2.75, 3.05) is 50.1 Å². The van der Waals surface area contributed by atoms with Gasteiger partial charge in [0.15, 0.2) is 5.78 Å². The molecular weight excluding hydrogens is 541 g/mol. The van der Waals surface area contributed by atoms with E-state index in [-0.39, 0.29) is 17.4 Å². The van der Waals surface area contributed by atoms with Gasteiger partial charge in [-0.15, -0.1) is 0 Å². The smallest absolute Gasteiger partial charge is 0.256 e. The maximum absolute atomic E-state index is 14.4. The van der Waals surface area contributed by atoms with Crippen molar-refractivity contribution in [3.63, 3.8) is 0 Å². The van der Waals surface area contributed by atoms with E-state index in [1.165, 1.54) is 17.4 Å². The molecule has 1 aliphatic carbocycles. The van der Waals surface area contributed by atoms with Crippen molar-refractivity contribution < 1.29 is 23.5 Å². The van der Waals surface area contributed by atoms with Crippen molar-refractivity contribution in [2.24, 2.45) is 0 Å². The molecule has 0 unspecified atom stereocenters. The van der Waals surface area contributed by atoms with Gasteiger partial charge in [0, 0.05) is 47.5 Å². The lowest BCUT2D eigenvalue weighted by atomic mass is 9.98. The third-order valence-corrected chi connectivity index (χ3v) is 8.09. The number of hydrogen-bond acceptors (Lipinski definition) is 7. The summed E-state index contributed by atoms with van der Waals surface area (Å²) in [5.74, 6) is -0.201. The van der Waals surface area contributed by atoms with Crippen molar-refractivity contribution in [1.82, 2.24) is 4.90 Å². The number of aryl methyl sites for hydroxylation is 2. The fourth-order valence-electron chi connectivity index (χ4n) is 5.16. The second-order valence-electron chi connectivity index (χ2n) is 10.1. The van der Waals surface area contributed by atoms with Gasteiger partial charge in [0.25, 0.3) is 5.91 Å². The number of morpholine rings is 1. The Hall–Kier alpha value is -4.05. The molecule has 0 bridgehead atoms. The van der Waals surface area contributed by atoms with Gasteiger partial charge in [-0.2, -0.15) is 11.3 Å². The number of anilines is 3. The van der Waals surface area contributed by atoms with E-state index in [1.54, 1.807) is 29.0 Å². The molecule has 1 aliphatic heterocycles. The van der Waals surface area contributed by atoms with Gasteiger partial charge in [-0.3, -0.25) is 14.5 Å². The topological polar surface area (TPSA) is 79.9 Å². The quantitative estimate of drug-likeness (QED) is 0.273.